The van der Waals surface area contributed by atoms with Gasteiger partial charge in [-0.25, -0.2) is 0 Å². The molecule has 2 rings (SSSR count). The van der Waals surface area contributed by atoms with Gasteiger partial charge in [-0.2, -0.15) is 5.26 Å². The lowest BCUT2D eigenvalue weighted by atomic mass is 9.94. The number of nitriles is 1. The fourth-order valence-corrected chi connectivity index (χ4v) is 2.34. The van der Waals surface area contributed by atoms with Gasteiger partial charge in [-0.1, -0.05) is 0 Å². The maximum atomic E-state index is 8.71. The summed E-state index contributed by atoms with van der Waals surface area (Å²) in [6, 6.07) is 9.93. The van der Waals surface area contributed by atoms with E-state index in [1.807, 2.05) is 24.3 Å². The van der Waals surface area contributed by atoms with E-state index in [0.717, 1.165) is 37.9 Å². The number of hydrogen-bond acceptors (Lipinski definition) is 4. The molecule has 4 heteroatoms. The van der Waals surface area contributed by atoms with E-state index in [4.69, 9.17) is 15.7 Å². The van der Waals surface area contributed by atoms with E-state index in [2.05, 4.69) is 11.4 Å². The number of benzene rings is 1. The van der Waals surface area contributed by atoms with Crippen LogP contribution in [0.1, 0.15) is 31.2 Å². The minimum atomic E-state index is 0.372. The second-order valence-electron chi connectivity index (χ2n) is 5.02. The molecule has 19 heavy (non-hydrogen) atoms. The molecule has 0 radical (unpaired) electrons. The predicted molar refractivity (Wildman–Crippen MR) is 75.8 cm³/mol. The first-order valence-corrected chi connectivity index (χ1v) is 6.89. The number of rotatable bonds is 5. The molecule has 0 bridgehead atoms. The van der Waals surface area contributed by atoms with Gasteiger partial charge in [-0.05, 0) is 49.9 Å². The molecule has 0 saturated heterocycles. The van der Waals surface area contributed by atoms with Crippen LogP contribution in [0.5, 0.6) is 0 Å². The van der Waals surface area contributed by atoms with Crippen molar-refractivity contribution >= 4 is 5.69 Å². The zero-order chi connectivity index (χ0) is 13.5. The first kappa shape index (κ1) is 13.9. The Bertz CT molecular complexity index is 416. The van der Waals surface area contributed by atoms with Crippen molar-refractivity contribution in [1.82, 2.24) is 0 Å². The predicted octanol–water partition coefficient (Wildman–Crippen LogP) is 2.26. The summed E-state index contributed by atoms with van der Waals surface area (Å²) in [7, 11) is 0. The van der Waals surface area contributed by atoms with E-state index in [-0.39, 0.29) is 0 Å². The van der Waals surface area contributed by atoms with E-state index >= 15 is 0 Å². The fraction of sp³-hybridized carbons (Fsp3) is 0.533. The zero-order valence-electron chi connectivity index (χ0n) is 11.1. The van der Waals surface area contributed by atoms with Crippen LogP contribution < -0.4 is 11.1 Å². The number of nitrogens with two attached hydrogens (primary N) is 1. The van der Waals surface area contributed by atoms with Gasteiger partial charge < -0.3 is 15.8 Å². The standard InChI is InChI=1S/C15H21N3O/c16-11-12-1-5-14(6-2-12)18-9-10-19-15-7-3-13(17)4-8-15/h1-2,5-6,13,15,18H,3-4,7-10,17H2. The van der Waals surface area contributed by atoms with Crippen molar-refractivity contribution in [1.29, 1.82) is 5.26 Å². The Labute approximate surface area is 114 Å². The summed E-state index contributed by atoms with van der Waals surface area (Å²) in [5, 5.41) is 12.0. The van der Waals surface area contributed by atoms with Gasteiger partial charge in [0.1, 0.15) is 0 Å². The van der Waals surface area contributed by atoms with Crippen LogP contribution in [0.15, 0.2) is 24.3 Å². The average molecular weight is 259 g/mol. The third-order valence-corrected chi connectivity index (χ3v) is 3.52. The molecule has 1 aliphatic carbocycles. The van der Waals surface area contributed by atoms with Crippen LogP contribution in [0.3, 0.4) is 0 Å². The van der Waals surface area contributed by atoms with Gasteiger partial charge in [0.2, 0.25) is 0 Å². The van der Waals surface area contributed by atoms with Crippen LogP contribution in [0.2, 0.25) is 0 Å². The minimum absolute atomic E-state index is 0.372. The molecule has 0 atom stereocenters. The number of anilines is 1. The molecule has 0 heterocycles. The van der Waals surface area contributed by atoms with Gasteiger partial charge in [0, 0.05) is 18.3 Å². The van der Waals surface area contributed by atoms with Gasteiger partial charge in [0.25, 0.3) is 0 Å². The Morgan fingerprint density at radius 1 is 1.21 bits per heavy atom. The van der Waals surface area contributed by atoms with Crippen LogP contribution in [-0.2, 0) is 4.74 Å². The van der Waals surface area contributed by atoms with Crippen LogP contribution in [-0.4, -0.2) is 25.3 Å². The van der Waals surface area contributed by atoms with Crippen molar-refractivity contribution in [3.8, 4) is 6.07 Å². The highest BCUT2D eigenvalue weighted by Gasteiger charge is 2.18. The molecular weight excluding hydrogens is 238 g/mol. The average Bonchev–Trinajstić information content (AvgIpc) is 2.46. The molecular formula is C15H21N3O. The third-order valence-electron chi connectivity index (χ3n) is 3.52. The lowest BCUT2D eigenvalue weighted by Gasteiger charge is -2.26. The molecule has 3 N–H and O–H groups in total. The highest BCUT2D eigenvalue weighted by Crippen LogP contribution is 2.19. The first-order chi connectivity index (χ1) is 9.28. The Morgan fingerprint density at radius 3 is 2.53 bits per heavy atom. The maximum absolute atomic E-state index is 8.71. The molecule has 4 nitrogen and oxygen atoms in total. The highest BCUT2D eigenvalue weighted by atomic mass is 16.5. The van der Waals surface area contributed by atoms with Gasteiger partial charge in [-0.3, -0.25) is 0 Å². The molecule has 1 fully saturated rings. The van der Waals surface area contributed by atoms with Crippen LogP contribution >= 0.6 is 0 Å². The van der Waals surface area contributed by atoms with Gasteiger partial charge in [0.05, 0.1) is 24.3 Å². The Kier molecular flexibility index (Phi) is 5.20. The molecule has 0 aromatic heterocycles. The summed E-state index contributed by atoms with van der Waals surface area (Å²) < 4.78 is 5.83. The van der Waals surface area contributed by atoms with Crippen molar-refractivity contribution < 1.29 is 4.74 Å². The minimum Gasteiger partial charge on any atom is -0.383 e. The Hall–Kier alpha value is -1.57. The number of ether oxygens (including phenoxy) is 1. The molecule has 1 aromatic rings. The van der Waals surface area contributed by atoms with E-state index in [1.165, 1.54) is 0 Å². The normalized spacial score (nSPS) is 22.7. The summed E-state index contributed by atoms with van der Waals surface area (Å²) in [6.07, 6.45) is 4.69. The van der Waals surface area contributed by atoms with Gasteiger partial charge >= 0.3 is 0 Å². The largest absolute Gasteiger partial charge is 0.383 e. The molecule has 0 spiro atoms. The summed E-state index contributed by atoms with van der Waals surface area (Å²) in [5.74, 6) is 0. The summed E-state index contributed by atoms with van der Waals surface area (Å²) in [4.78, 5) is 0. The maximum Gasteiger partial charge on any atom is 0.0991 e. The van der Waals surface area contributed by atoms with Crippen molar-refractivity contribution in [3.63, 3.8) is 0 Å². The molecule has 0 unspecified atom stereocenters. The number of nitrogens with one attached hydrogen (secondary N) is 1. The Balaban J connectivity index is 1.62. The lowest BCUT2D eigenvalue weighted by Crippen LogP contribution is -2.31. The topological polar surface area (TPSA) is 71.1 Å². The molecule has 0 amide bonds. The zero-order valence-corrected chi connectivity index (χ0v) is 11.1. The second kappa shape index (κ2) is 7.13. The van der Waals surface area contributed by atoms with Crippen LogP contribution in [0.4, 0.5) is 5.69 Å². The number of hydrogen-bond donors (Lipinski definition) is 2. The molecule has 0 aliphatic heterocycles. The van der Waals surface area contributed by atoms with E-state index in [0.29, 0.717) is 24.3 Å². The highest BCUT2D eigenvalue weighted by molar-refractivity contribution is 5.47. The van der Waals surface area contributed by atoms with E-state index < -0.39 is 0 Å². The summed E-state index contributed by atoms with van der Waals surface area (Å²) in [5.41, 5.74) is 7.56. The quantitative estimate of drug-likeness (QED) is 0.796. The third kappa shape index (κ3) is 4.55. The molecule has 102 valence electrons. The van der Waals surface area contributed by atoms with Gasteiger partial charge in [-0.15, -0.1) is 0 Å². The molecule has 1 aliphatic rings. The molecule has 1 aromatic carbocycles. The van der Waals surface area contributed by atoms with Crippen molar-refractivity contribution in [2.75, 3.05) is 18.5 Å². The Morgan fingerprint density at radius 2 is 1.89 bits per heavy atom. The fourth-order valence-electron chi connectivity index (χ4n) is 2.34. The molecule has 1 saturated carbocycles. The van der Waals surface area contributed by atoms with Crippen LogP contribution in [0, 0.1) is 11.3 Å². The van der Waals surface area contributed by atoms with Crippen molar-refractivity contribution in [2.45, 2.75) is 37.8 Å². The summed E-state index contributed by atoms with van der Waals surface area (Å²) >= 11 is 0. The smallest absolute Gasteiger partial charge is 0.0991 e. The SMILES string of the molecule is N#Cc1ccc(NCCOC2CCC(N)CC2)cc1. The van der Waals surface area contributed by atoms with Gasteiger partial charge in [0.15, 0.2) is 0 Å². The van der Waals surface area contributed by atoms with E-state index in [1.54, 1.807) is 0 Å². The lowest BCUT2D eigenvalue weighted by molar-refractivity contribution is 0.0313. The van der Waals surface area contributed by atoms with Crippen LogP contribution in [0.25, 0.3) is 0 Å². The summed E-state index contributed by atoms with van der Waals surface area (Å²) in [6.45, 7) is 1.49. The number of nitrogens with zero attached hydrogens (tertiary/aromatic N) is 1. The van der Waals surface area contributed by atoms with Crippen molar-refractivity contribution in [2.24, 2.45) is 5.73 Å². The monoisotopic (exact) mass is 259 g/mol. The second-order valence-corrected chi connectivity index (χ2v) is 5.02. The van der Waals surface area contributed by atoms with Crippen molar-refractivity contribution in [3.05, 3.63) is 29.8 Å². The van der Waals surface area contributed by atoms with E-state index in [9.17, 15) is 0 Å². The first-order valence-electron chi connectivity index (χ1n) is 6.89.